The second-order valence-corrected chi connectivity index (χ2v) is 3.83. The number of furan rings is 1. The molecule has 5 nitrogen and oxygen atoms in total. The number of nitrogens with zero attached hydrogens (tertiary/aromatic N) is 3. The van der Waals surface area contributed by atoms with Gasteiger partial charge in [-0.2, -0.15) is 0 Å². The van der Waals surface area contributed by atoms with E-state index >= 15 is 0 Å². The maximum atomic E-state index is 6.07. The van der Waals surface area contributed by atoms with Gasteiger partial charge in [-0.3, -0.25) is 0 Å². The van der Waals surface area contributed by atoms with Crippen LogP contribution >= 0.6 is 11.6 Å². The molecule has 0 aliphatic rings. The largest absolute Gasteiger partial charge is 0.461 e. The first-order valence-corrected chi connectivity index (χ1v) is 5.55. The molecule has 0 fully saturated rings. The molecule has 0 saturated heterocycles. The smallest absolute Gasteiger partial charge is 0.199 e. The van der Waals surface area contributed by atoms with Crippen molar-refractivity contribution in [2.45, 2.75) is 6.92 Å². The summed E-state index contributed by atoms with van der Waals surface area (Å²) in [5, 5.41) is 0.270. The Labute approximate surface area is 107 Å². The monoisotopic (exact) mass is 258 g/mol. The number of aromatic amines is 1. The highest BCUT2D eigenvalue weighted by atomic mass is 35.5. The Morgan fingerprint density at radius 3 is 2.94 bits per heavy atom. The minimum atomic E-state index is 0.270. The molecule has 3 aromatic heterocycles. The van der Waals surface area contributed by atoms with Gasteiger partial charge in [0.15, 0.2) is 28.2 Å². The van der Waals surface area contributed by atoms with Crippen molar-refractivity contribution in [3.05, 3.63) is 29.4 Å². The number of halogens is 1. The highest BCUT2D eigenvalue weighted by molar-refractivity contribution is 6.33. The minimum absolute atomic E-state index is 0.270. The number of H-pyrrole nitrogens is 1. The molecular weight excluding hydrogens is 252 g/mol. The van der Waals surface area contributed by atoms with Crippen LogP contribution in [0.1, 0.15) is 12.7 Å². The predicted octanol–water partition coefficient (Wildman–Crippen LogP) is 2.64. The number of rotatable bonds is 1. The van der Waals surface area contributed by atoms with Crippen LogP contribution in [0.5, 0.6) is 0 Å². The molecular formula is C12H7ClN4O. The quantitative estimate of drug-likeness (QED) is 0.538. The summed E-state index contributed by atoms with van der Waals surface area (Å²) in [6.07, 6.45) is 1.55. The van der Waals surface area contributed by atoms with Crippen molar-refractivity contribution in [2.24, 2.45) is 0 Å². The van der Waals surface area contributed by atoms with Crippen LogP contribution in [0.15, 0.2) is 22.8 Å². The molecule has 3 rings (SSSR count). The van der Waals surface area contributed by atoms with Crippen LogP contribution in [0.4, 0.5) is 0 Å². The lowest BCUT2D eigenvalue weighted by molar-refractivity contribution is 0.577. The van der Waals surface area contributed by atoms with E-state index in [0.717, 1.165) is 0 Å². The third-order valence-corrected chi connectivity index (χ3v) is 2.55. The summed E-state index contributed by atoms with van der Waals surface area (Å²) >= 11 is 6.07. The molecule has 0 aliphatic heterocycles. The number of fused-ring (bicyclic) bond motifs is 1. The van der Waals surface area contributed by atoms with Gasteiger partial charge in [0.2, 0.25) is 0 Å². The second-order valence-electron chi connectivity index (χ2n) is 3.47. The molecule has 88 valence electrons. The molecule has 0 bridgehead atoms. The third-order valence-electron chi connectivity index (χ3n) is 2.29. The van der Waals surface area contributed by atoms with Crippen molar-refractivity contribution in [3.63, 3.8) is 0 Å². The number of imidazole rings is 1. The van der Waals surface area contributed by atoms with Crippen molar-refractivity contribution >= 4 is 22.8 Å². The molecule has 0 amide bonds. The Hall–Kier alpha value is -2.32. The lowest BCUT2D eigenvalue weighted by atomic mass is 10.4. The first-order valence-electron chi connectivity index (χ1n) is 5.18. The minimum Gasteiger partial charge on any atom is -0.461 e. The lowest BCUT2D eigenvalue weighted by Crippen LogP contribution is -1.89. The zero-order chi connectivity index (χ0) is 12.5. The van der Waals surface area contributed by atoms with Gasteiger partial charge in [-0.25, -0.2) is 15.0 Å². The fraction of sp³-hybridized carbons (Fsp3) is 0.0833. The zero-order valence-corrected chi connectivity index (χ0v) is 10.1. The van der Waals surface area contributed by atoms with E-state index in [9.17, 15) is 0 Å². The Morgan fingerprint density at radius 2 is 2.22 bits per heavy atom. The third kappa shape index (κ3) is 1.73. The molecule has 0 radical (unpaired) electrons. The first kappa shape index (κ1) is 10.8. The van der Waals surface area contributed by atoms with Crippen molar-refractivity contribution in [2.75, 3.05) is 0 Å². The lowest BCUT2D eigenvalue weighted by Gasteiger charge is -1.96. The molecule has 1 N–H and O–H groups in total. The molecule has 6 heteroatoms. The van der Waals surface area contributed by atoms with Crippen LogP contribution in [0.2, 0.25) is 5.15 Å². The van der Waals surface area contributed by atoms with Crippen molar-refractivity contribution < 1.29 is 4.42 Å². The molecule has 0 saturated carbocycles. The summed E-state index contributed by atoms with van der Waals surface area (Å²) in [5.74, 6) is 7.05. The van der Waals surface area contributed by atoms with Crippen LogP contribution in [-0.4, -0.2) is 19.9 Å². The highest BCUT2D eigenvalue weighted by Gasteiger charge is 2.13. The Balaban J connectivity index is 2.22. The first-order chi connectivity index (χ1) is 8.78. The normalized spacial score (nSPS) is 10.3. The van der Waals surface area contributed by atoms with E-state index in [4.69, 9.17) is 16.0 Å². The predicted molar refractivity (Wildman–Crippen MR) is 66.9 cm³/mol. The van der Waals surface area contributed by atoms with Crippen LogP contribution < -0.4 is 0 Å². The van der Waals surface area contributed by atoms with Crippen LogP contribution in [0.25, 0.3) is 22.7 Å². The Morgan fingerprint density at radius 1 is 1.33 bits per heavy atom. The molecule has 0 unspecified atom stereocenters. The van der Waals surface area contributed by atoms with E-state index in [1.54, 1.807) is 25.3 Å². The summed E-state index contributed by atoms with van der Waals surface area (Å²) in [6, 6.07) is 3.53. The van der Waals surface area contributed by atoms with E-state index < -0.39 is 0 Å². The molecule has 0 spiro atoms. The Bertz CT molecular complexity index is 765. The van der Waals surface area contributed by atoms with Gasteiger partial charge in [0.05, 0.1) is 6.26 Å². The zero-order valence-electron chi connectivity index (χ0n) is 9.36. The Kier molecular flexibility index (Phi) is 2.50. The van der Waals surface area contributed by atoms with Crippen molar-refractivity contribution in [3.8, 4) is 23.4 Å². The summed E-state index contributed by atoms with van der Waals surface area (Å²) in [7, 11) is 0. The number of hydrogen-bond acceptors (Lipinski definition) is 4. The number of hydrogen-bond donors (Lipinski definition) is 1. The summed E-state index contributed by atoms with van der Waals surface area (Å²) < 4.78 is 5.23. The fourth-order valence-corrected chi connectivity index (χ4v) is 1.77. The SMILES string of the molecule is CC#Cc1nc2c(Cl)nc(-c3ccco3)nc2[nH]1. The van der Waals surface area contributed by atoms with E-state index in [1.807, 2.05) is 0 Å². The van der Waals surface area contributed by atoms with Crippen LogP contribution in [-0.2, 0) is 0 Å². The van der Waals surface area contributed by atoms with Crippen LogP contribution in [0, 0.1) is 11.8 Å². The van der Waals surface area contributed by atoms with E-state index in [0.29, 0.717) is 28.6 Å². The van der Waals surface area contributed by atoms with Gasteiger partial charge in [-0.05, 0) is 25.0 Å². The maximum Gasteiger partial charge on any atom is 0.199 e. The molecule has 0 aliphatic carbocycles. The van der Waals surface area contributed by atoms with Gasteiger partial charge < -0.3 is 9.40 Å². The molecule has 0 aromatic carbocycles. The van der Waals surface area contributed by atoms with Gasteiger partial charge in [0.25, 0.3) is 0 Å². The average molecular weight is 259 g/mol. The number of aromatic nitrogens is 4. The van der Waals surface area contributed by atoms with Gasteiger partial charge in [-0.1, -0.05) is 17.5 Å². The molecule has 18 heavy (non-hydrogen) atoms. The maximum absolute atomic E-state index is 6.07. The van der Waals surface area contributed by atoms with Crippen molar-refractivity contribution in [1.29, 1.82) is 0 Å². The summed E-state index contributed by atoms with van der Waals surface area (Å²) in [4.78, 5) is 15.6. The van der Waals surface area contributed by atoms with Gasteiger partial charge in [0.1, 0.15) is 5.52 Å². The number of nitrogens with one attached hydrogen (secondary N) is 1. The van der Waals surface area contributed by atoms with E-state index in [1.165, 1.54) is 0 Å². The van der Waals surface area contributed by atoms with E-state index in [-0.39, 0.29) is 5.15 Å². The standard InChI is InChI=1S/C12H7ClN4O/c1-2-4-8-14-9-10(13)16-11(17-12(9)15-8)7-5-3-6-18-7/h3,5-6H,1H3,(H,14,15,16,17). The van der Waals surface area contributed by atoms with E-state index in [2.05, 4.69) is 31.8 Å². The second kappa shape index (κ2) is 4.17. The topological polar surface area (TPSA) is 67.6 Å². The van der Waals surface area contributed by atoms with Gasteiger partial charge in [0, 0.05) is 0 Å². The fourth-order valence-electron chi connectivity index (χ4n) is 1.56. The molecule has 3 heterocycles. The average Bonchev–Trinajstić information content (AvgIpc) is 2.97. The summed E-state index contributed by atoms with van der Waals surface area (Å²) in [5.41, 5.74) is 1.05. The van der Waals surface area contributed by atoms with Gasteiger partial charge in [-0.15, -0.1) is 0 Å². The highest BCUT2D eigenvalue weighted by Crippen LogP contribution is 2.23. The molecule has 3 aromatic rings. The molecule has 0 atom stereocenters. The van der Waals surface area contributed by atoms with Gasteiger partial charge >= 0.3 is 0 Å². The summed E-state index contributed by atoms with van der Waals surface area (Å²) in [6.45, 7) is 1.73. The van der Waals surface area contributed by atoms with Crippen molar-refractivity contribution in [1.82, 2.24) is 19.9 Å². The van der Waals surface area contributed by atoms with Crippen LogP contribution in [0.3, 0.4) is 0 Å².